The summed E-state index contributed by atoms with van der Waals surface area (Å²) in [4.78, 5) is 0. The van der Waals surface area contributed by atoms with Crippen LogP contribution < -0.4 is 5.73 Å². The maximum absolute atomic E-state index is 5.66. The van der Waals surface area contributed by atoms with Crippen LogP contribution in [0.15, 0.2) is 18.6 Å². The predicted octanol–water partition coefficient (Wildman–Crippen LogP) is 0.762. The second-order valence-electron chi connectivity index (χ2n) is 3.47. The SMILES string of the molecule is CCn1cc(-c2nn(C)cc2CN)cn1. The molecular formula is C10H15N5. The minimum atomic E-state index is 0.500. The van der Waals surface area contributed by atoms with Gasteiger partial charge in [-0.1, -0.05) is 0 Å². The van der Waals surface area contributed by atoms with Gasteiger partial charge in [0.05, 0.1) is 11.9 Å². The highest BCUT2D eigenvalue weighted by Crippen LogP contribution is 2.20. The third kappa shape index (κ3) is 1.78. The lowest BCUT2D eigenvalue weighted by molar-refractivity contribution is 0.660. The van der Waals surface area contributed by atoms with Crippen LogP contribution in [0.5, 0.6) is 0 Å². The Morgan fingerprint density at radius 1 is 1.40 bits per heavy atom. The summed E-state index contributed by atoms with van der Waals surface area (Å²) in [5.41, 5.74) is 8.67. The molecule has 0 saturated carbocycles. The van der Waals surface area contributed by atoms with Crippen LogP contribution in [0.2, 0.25) is 0 Å². The Labute approximate surface area is 88.5 Å². The molecule has 15 heavy (non-hydrogen) atoms. The second-order valence-corrected chi connectivity index (χ2v) is 3.47. The first-order chi connectivity index (χ1) is 7.24. The largest absolute Gasteiger partial charge is 0.326 e. The first kappa shape index (κ1) is 9.92. The maximum Gasteiger partial charge on any atom is 0.0999 e. The minimum absolute atomic E-state index is 0.500. The molecule has 2 rings (SSSR count). The first-order valence-corrected chi connectivity index (χ1v) is 5.00. The van der Waals surface area contributed by atoms with Crippen LogP contribution in [-0.4, -0.2) is 19.6 Å². The smallest absolute Gasteiger partial charge is 0.0999 e. The van der Waals surface area contributed by atoms with E-state index in [1.807, 2.05) is 30.3 Å². The van der Waals surface area contributed by atoms with Crippen molar-refractivity contribution in [1.29, 1.82) is 0 Å². The zero-order valence-electron chi connectivity index (χ0n) is 9.01. The number of nitrogens with two attached hydrogens (primary N) is 1. The highest BCUT2D eigenvalue weighted by atomic mass is 15.3. The van der Waals surface area contributed by atoms with Gasteiger partial charge in [0.1, 0.15) is 0 Å². The molecule has 2 aromatic heterocycles. The Bertz CT molecular complexity index is 454. The molecule has 0 bridgehead atoms. The monoisotopic (exact) mass is 205 g/mol. The molecule has 0 amide bonds. The molecule has 0 aliphatic rings. The van der Waals surface area contributed by atoms with E-state index in [1.54, 1.807) is 4.68 Å². The van der Waals surface area contributed by atoms with Gasteiger partial charge in [0.15, 0.2) is 0 Å². The molecule has 0 aliphatic heterocycles. The summed E-state index contributed by atoms with van der Waals surface area (Å²) < 4.78 is 3.66. The Kier molecular flexibility index (Phi) is 2.55. The zero-order chi connectivity index (χ0) is 10.8. The molecule has 5 nitrogen and oxygen atoms in total. The van der Waals surface area contributed by atoms with Gasteiger partial charge >= 0.3 is 0 Å². The topological polar surface area (TPSA) is 61.7 Å². The molecule has 0 fully saturated rings. The zero-order valence-corrected chi connectivity index (χ0v) is 9.01. The summed E-state index contributed by atoms with van der Waals surface area (Å²) >= 11 is 0. The number of aromatic nitrogens is 4. The van der Waals surface area contributed by atoms with E-state index in [4.69, 9.17) is 5.73 Å². The molecule has 0 saturated heterocycles. The van der Waals surface area contributed by atoms with Crippen LogP contribution >= 0.6 is 0 Å². The Morgan fingerprint density at radius 2 is 2.20 bits per heavy atom. The van der Waals surface area contributed by atoms with Crippen molar-refractivity contribution >= 4 is 0 Å². The highest BCUT2D eigenvalue weighted by molar-refractivity contribution is 5.60. The van der Waals surface area contributed by atoms with Crippen LogP contribution in [0, 0.1) is 0 Å². The predicted molar refractivity (Wildman–Crippen MR) is 58.0 cm³/mol. The second kappa shape index (κ2) is 3.86. The lowest BCUT2D eigenvalue weighted by Crippen LogP contribution is -1.96. The molecule has 0 unspecified atom stereocenters. The number of nitrogens with zero attached hydrogens (tertiary/aromatic N) is 4. The quantitative estimate of drug-likeness (QED) is 0.804. The van der Waals surface area contributed by atoms with Crippen molar-refractivity contribution in [1.82, 2.24) is 19.6 Å². The van der Waals surface area contributed by atoms with Crippen LogP contribution in [-0.2, 0) is 20.1 Å². The van der Waals surface area contributed by atoms with Gasteiger partial charge in [-0.15, -0.1) is 0 Å². The van der Waals surface area contributed by atoms with Gasteiger partial charge in [-0.05, 0) is 6.92 Å². The van der Waals surface area contributed by atoms with Gasteiger partial charge < -0.3 is 5.73 Å². The average Bonchev–Trinajstić information content (AvgIpc) is 2.82. The van der Waals surface area contributed by atoms with Crippen molar-refractivity contribution in [2.45, 2.75) is 20.0 Å². The van der Waals surface area contributed by atoms with Gasteiger partial charge in [-0.25, -0.2) is 0 Å². The molecule has 0 radical (unpaired) electrons. The van der Waals surface area contributed by atoms with E-state index in [0.717, 1.165) is 23.4 Å². The molecule has 0 aromatic carbocycles. The molecule has 2 aromatic rings. The van der Waals surface area contributed by atoms with Crippen molar-refractivity contribution in [2.24, 2.45) is 12.8 Å². The van der Waals surface area contributed by atoms with E-state index in [2.05, 4.69) is 17.1 Å². The van der Waals surface area contributed by atoms with Gasteiger partial charge in [-0.2, -0.15) is 10.2 Å². The van der Waals surface area contributed by atoms with Crippen molar-refractivity contribution in [3.8, 4) is 11.3 Å². The van der Waals surface area contributed by atoms with Crippen LogP contribution in [0.4, 0.5) is 0 Å². The van der Waals surface area contributed by atoms with Crippen molar-refractivity contribution in [3.63, 3.8) is 0 Å². The summed E-state index contributed by atoms with van der Waals surface area (Å²) in [5, 5.41) is 8.60. The van der Waals surface area contributed by atoms with Crippen molar-refractivity contribution in [3.05, 3.63) is 24.2 Å². The van der Waals surface area contributed by atoms with E-state index >= 15 is 0 Å². The fourth-order valence-corrected chi connectivity index (χ4v) is 1.59. The lowest BCUT2D eigenvalue weighted by Gasteiger charge is -1.94. The molecule has 5 heteroatoms. The Balaban J connectivity index is 2.43. The van der Waals surface area contributed by atoms with E-state index in [-0.39, 0.29) is 0 Å². The third-order valence-electron chi connectivity index (χ3n) is 2.36. The third-order valence-corrected chi connectivity index (χ3v) is 2.36. The first-order valence-electron chi connectivity index (χ1n) is 5.00. The molecule has 2 heterocycles. The van der Waals surface area contributed by atoms with Crippen LogP contribution in [0.1, 0.15) is 12.5 Å². The van der Waals surface area contributed by atoms with Crippen LogP contribution in [0.25, 0.3) is 11.3 Å². The number of aryl methyl sites for hydroxylation is 2. The van der Waals surface area contributed by atoms with Gasteiger partial charge in [-0.3, -0.25) is 9.36 Å². The summed E-state index contributed by atoms with van der Waals surface area (Å²) in [6.07, 6.45) is 5.76. The fourth-order valence-electron chi connectivity index (χ4n) is 1.59. The van der Waals surface area contributed by atoms with E-state index < -0.39 is 0 Å². The van der Waals surface area contributed by atoms with E-state index in [0.29, 0.717) is 6.54 Å². The normalized spacial score (nSPS) is 10.9. The van der Waals surface area contributed by atoms with Gasteiger partial charge in [0, 0.05) is 43.7 Å². The molecule has 80 valence electrons. The number of hydrogen-bond acceptors (Lipinski definition) is 3. The lowest BCUT2D eigenvalue weighted by atomic mass is 10.1. The molecule has 0 atom stereocenters. The Hall–Kier alpha value is -1.62. The summed E-state index contributed by atoms with van der Waals surface area (Å²) in [5.74, 6) is 0. The molecule has 0 aliphatic carbocycles. The maximum atomic E-state index is 5.66. The number of hydrogen-bond donors (Lipinski definition) is 1. The fraction of sp³-hybridized carbons (Fsp3) is 0.400. The Morgan fingerprint density at radius 3 is 2.80 bits per heavy atom. The molecular weight excluding hydrogens is 190 g/mol. The van der Waals surface area contributed by atoms with Gasteiger partial charge in [0.2, 0.25) is 0 Å². The van der Waals surface area contributed by atoms with Gasteiger partial charge in [0.25, 0.3) is 0 Å². The molecule has 2 N–H and O–H groups in total. The standard InChI is InChI=1S/C10H15N5/c1-3-15-7-9(5-12-15)10-8(4-11)6-14(2)13-10/h5-7H,3-4,11H2,1-2H3. The van der Waals surface area contributed by atoms with E-state index in [9.17, 15) is 0 Å². The summed E-state index contributed by atoms with van der Waals surface area (Å²) in [6.45, 7) is 3.42. The number of rotatable bonds is 3. The highest BCUT2D eigenvalue weighted by Gasteiger charge is 2.10. The minimum Gasteiger partial charge on any atom is -0.326 e. The van der Waals surface area contributed by atoms with E-state index in [1.165, 1.54) is 0 Å². The van der Waals surface area contributed by atoms with Crippen LogP contribution in [0.3, 0.4) is 0 Å². The summed E-state index contributed by atoms with van der Waals surface area (Å²) in [6, 6.07) is 0. The van der Waals surface area contributed by atoms with Crippen molar-refractivity contribution < 1.29 is 0 Å². The average molecular weight is 205 g/mol. The summed E-state index contributed by atoms with van der Waals surface area (Å²) in [7, 11) is 1.90. The van der Waals surface area contributed by atoms with Crippen molar-refractivity contribution in [2.75, 3.05) is 0 Å². The molecule has 0 spiro atoms.